The van der Waals surface area contributed by atoms with E-state index in [0.29, 0.717) is 17.6 Å². The van der Waals surface area contributed by atoms with Crippen LogP contribution in [0.5, 0.6) is 0 Å². The predicted molar refractivity (Wildman–Crippen MR) is 73.9 cm³/mol. The van der Waals surface area contributed by atoms with Gasteiger partial charge in [0.1, 0.15) is 5.82 Å². The van der Waals surface area contributed by atoms with Crippen LogP contribution in [-0.4, -0.2) is 23.0 Å². The maximum Gasteiger partial charge on any atom is 0.311 e. The fraction of sp³-hybridized carbons (Fsp3) is 0.583. The van der Waals surface area contributed by atoms with Gasteiger partial charge in [0.25, 0.3) is 0 Å². The second-order valence-electron chi connectivity index (χ2n) is 4.83. The van der Waals surface area contributed by atoms with Gasteiger partial charge in [0, 0.05) is 19.2 Å². The maximum atomic E-state index is 11.1. The molecule has 1 aliphatic rings. The number of nitrogens with one attached hydrogen (secondary N) is 1. The first-order chi connectivity index (χ1) is 9.15. The van der Waals surface area contributed by atoms with Crippen LogP contribution in [0.1, 0.15) is 26.2 Å². The van der Waals surface area contributed by atoms with E-state index in [1.807, 2.05) is 4.90 Å². The second-order valence-corrected chi connectivity index (χ2v) is 4.83. The minimum Gasteiger partial charge on any atom is -0.351 e. The number of nitrogens with zero attached hydrogens (tertiary/aromatic N) is 3. The number of anilines is 2. The summed E-state index contributed by atoms with van der Waals surface area (Å²) in [6, 6.07) is 2.97. The smallest absolute Gasteiger partial charge is 0.311 e. The Labute approximate surface area is 111 Å². The first-order valence-corrected chi connectivity index (χ1v) is 6.52. The van der Waals surface area contributed by atoms with Gasteiger partial charge in [-0.3, -0.25) is 10.1 Å². The lowest BCUT2D eigenvalue weighted by Gasteiger charge is -2.23. The molecule has 0 aromatic carbocycles. The van der Waals surface area contributed by atoms with E-state index >= 15 is 0 Å². The average molecular weight is 265 g/mol. The Hall–Kier alpha value is -1.89. The third-order valence-corrected chi connectivity index (χ3v) is 3.17. The number of nitrogen functional groups attached to an aromatic ring is 1. The molecule has 1 fully saturated rings. The van der Waals surface area contributed by atoms with Crippen LogP contribution >= 0.6 is 0 Å². The highest BCUT2D eigenvalue weighted by Gasteiger charge is 2.28. The van der Waals surface area contributed by atoms with E-state index in [0.717, 1.165) is 19.5 Å². The molecule has 0 bridgehead atoms. The van der Waals surface area contributed by atoms with E-state index in [4.69, 9.17) is 5.84 Å². The molecule has 1 heterocycles. The molecule has 0 spiro atoms. The second kappa shape index (κ2) is 5.83. The van der Waals surface area contributed by atoms with E-state index in [2.05, 4.69) is 17.3 Å². The Morgan fingerprint density at radius 3 is 2.84 bits per heavy atom. The van der Waals surface area contributed by atoms with Crippen LogP contribution < -0.4 is 16.2 Å². The SMILES string of the molecule is CCCN(CC1CC1)c1nc(NN)ccc1[N+](=O)[O-]. The van der Waals surface area contributed by atoms with Crippen LogP contribution in [0.3, 0.4) is 0 Å². The number of nitrogens with two attached hydrogens (primary N) is 1. The van der Waals surface area contributed by atoms with Gasteiger partial charge >= 0.3 is 5.69 Å². The molecule has 0 radical (unpaired) electrons. The number of aromatic nitrogens is 1. The molecular weight excluding hydrogens is 246 g/mol. The van der Waals surface area contributed by atoms with Crippen molar-refractivity contribution in [2.75, 3.05) is 23.4 Å². The predicted octanol–water partition coefficient (Wildman–Crippen LogP) is 1.90. The lowest BCUT2D eigenvalue weighted by atomic mass is 10.3. The molecule has 7 heteroatoms. The van der Waals surface area contributed by atoms with Gasteiger partial charge in [-0.15, -0.1) is 0 Å². The molecule has 7 nitrogen and oxygen atoms in total. The van der Waals surface area contributed by atoms with Crippen LogP contribution in [0.2, 0.25) is 0 Å². The molecule has 1 saturated carbocycles. The number of nitro groups is 1. The molecule has 0 atom stereocenters. The minimum absolute atomic E-state index is 0.0353. The van der Waals surface area contributed by atoms with Gasteiger partial charge in [-0.05, 0) is 31.2 Å². The highest BCUT2D eigenvalue weighted by Crippen LogP contribution is 2.34. The summed E-state index contributed by atoms with van der Waals surface area (Å²) >= 11 is 0. The van der Waals surface area contributed by atoms with E-state index in [1.54, 1.807) is 0 Å². The van der Waals surface area contributed by atoms with E-state index < -0.39 is 4.92 Å². The summed E-state index contributed by atoms with van der Waals surface area (Å²) in [6.07, 6.45) is 3.32. The van der Waals surface area contributed by atoms with Crippen molar-refractivity contribution in [2.45, 2.75) is 26.2 Å². The van der Waals surface area contributed by atoms with Crippen molar-refractivity contribution in [3.8, 4) is 0 Å². The molecule has 3 N–H and O–H groups in total. The topological polar surface area (TPSA) is 97.3 Å². The van der Waals surface area contributed by atoms with E-state index in [9.17, 15) is 10.1 Å². The summed E-state index contributed by atoms with van der Waals surface area (Å²) in [6.45, 7) is 3.64. The van der Waals surface area contributed by atoms with Crippen molar-refractivity contribution < 1.29 is 4.92 Å². The van der Waals surface area contributed by atoms with E-state index in [1.165, 1.54) is 25.0 Å². The van der Waals surface area contributed by atoms with Crippen LogP contribution in [-0.2, 0) is 0 Å². The monoisotopic (exact) mass is 265 g/mol. The van der Waals surface area contributed by atoms with Gasteiger partial charge in [0.05, 0.1) is 4.92 Å². The Bertz CT molecular complexity index is 461. The number of rotatable bonds is 7. The Kier molecular flexibility index (Phi) is 4.16. The van der Waals surface area contributed by atoms with Crippen LogP contribution in [0, 0.1) is 16.0 Å². The average Bonchev–Trinajstić information content (AvgIpc) is 3.21. The molecule has 2 rings (SSSR count). The zero-order valence-corrected chi connectivity index (χ0v) is 11.0. The largest absolute Gasteiger partial charge is 0.351 e. The molecule has 0 aliphatic heterocycles. The standard InChI is InChI=1S/C12H19N5O2/c1-2-7-16(8-9-3-4-9)12-10(17(18)19)5-6-11(14-12)15-13/h5-6,9H,2-4,7-8,13H2,1H3,(H,14,15). The van der Waals surface area contributed by atoms with Crippen molar-refractivity contribution >= 4 is 17.3 Å². The molecular formula is C12H19N5O2. The number of hydrogen-bond donors (Lipinski definition) is 2. The van der Waals surface area contributed by atoms with Gasteiger partial charge in [0.15, 0.2) is 0 Å². The molecule has 0 unspecified atom stereocenters. The summed E-state index contributed by atoms with van der Waals surface area (Å²) in [5, 5.41) is 11.1. The van der Waals surface area contributed by atoms with Crippen LogP contribution in [0.15, 0.2) is 12.1 Å². The van der Waals surface area contributed by atoms with Crippen molar-refractivity contribution in [3.63, 3.8) is 0 Å². The zero-order chi connectivity index (χ0) is 13.8. The summed E-state index contributed by atoms with van der Waals surface area (Å²) in [7, 11) is 0. The Morgan fingerprint density at radius 1 is 1.58 bits per heavy atom. The number of pyridine rings is 1. The maximum absolute atomic E-state index is 11.1. The summed E-state index contributed by atoms with van der Waals surface area (Å²) < 4.78 is 0. The Balaban J connectivity index is 2.32. The van der Waals surface area contributed by atoms with Gasteiger partial charge in [-0.25, -0.2) is 10.8 Å². The first-order valence-electron chi connectivity index (χ1n) is 6.52. The third kappa shape index (κ3) is 3.31. The molecule has 0 saturated heterocycles. The molecule has 1 aromatic heterocycles. The fourth-order valence-corrected chi connectivity index (χ4v) is 2.06. The van der Waals surface area contributed by atoms with Crippen LogP contribution in [0.25, 0.3) is 0 Å². The first kappa shape index (κ1) is 13.5. The molecule has 19 heavy (non-hydrogen) atoms. The minimum atomic E-state index is -0.391. The Morgan fingerprint density at radius 2 is 2.32 bits per heavy atom. The molecule has 104 valence electrons. The fourth-order valence-electron chi connectivity index (χ4n) is 2.06. The van der Waals surface area contributed by atoms with Crippen LogP contribution in [0.4, 0.5) is 17.3 Å². The summed E-state index contributed by atoms with van der Waals surface area (Å²) in [5.41, 5.74) is 2.47. The number of hydrogen-bond acceptors (Lipinski definition) is 6. The van der Waals surface area contributed by atoms with Gasteiger partial charge in [-0.2, -0.15) is 0 Å². The van der Waals surface area contributed by atoms with Crippen molar-refractivity contribution in [3.05, 3.63) is 22.2 Å². The molecule has 1 aliphatic carbocycles. The number of hydrazine groups is 1. The van der Waals surface area contributed by atoms with E-state index in [-0.39, 0.29) is 5.69 Å². The highest BCUT2D eigenvalue weighted by atomic mass is 16.6. The zero-order valence-electron chi connectivity index (χ0n) is 11.0. The van der Waals surface area contributed by atoms with Gasteiger partial charge < -0.3 is 10.3 Å². The van der Waals surface area contributed by atoms with Gasteiger partial charge in [-0.1, -0.05) is 6.92 Å². The lowest BCUT2D eigenvalue weighted by molar-refractivity contribution is -0.384. The molecule has 0 amide bonds. The van der Waals surface area contributed by atoms with Crippen molar-refractivity contribution in [1.29, 1.82) is 0 Å². The molecule has 1 aromatic rings. The summed E-state index contributed by atoms with van der Waals surface area (Å²) in [4.78, 5) is 17.0. The van der Waals surface area contributed by atoms with Crippen molar-refractivity contribution in [1.82, 2.24) is 4.98 Å². The lowest BCUT2D eigenvalue weighted by Crippen LogP contribution is -2.28. The highest BCUT2D eigenvalue weighted by molar-refractivity contribution is 5.61. The normalized spacial score (nSPS) is 14.2. The third-order valence-electron chi connectivity index (χ3n) is 3.17. The quantitative estimate of drug-likeness (QED) is 0.444. The van der Waals surface area contributed by atoms with Crippen molar-refractivity contribution in [2.24, 2.45) is 11.8 Å². The summed E-state index contributed by atoms with van der Waals surface area (Å²) in [5.74, 6) is 6.83. The van der Waals surface area contributed by atoms with Gasteiger partial charge in [0.2, 0.25) is 5.82 Å².